The summed E-state index contributed by atoms with van der Waals surface area (Å²) in [5, 5.41) is 0. The van der Waals surface area contributed by atoms with Crippen molar-refractivity contribution in [3.63, 3.8) is 0 Å². The van der Waals surface area contributed by atoms with Gasteiger partial charge in [0.15, 0.2) is 0 Å². The van der Waals surface area contributed by atoms with Crippen LogP contribution in [0.15, 0.2) is 0 Å². The summed E-state index contributed by atoms with van der Waals surface area (Å²) < 4.78 is 28.2. The van der Waals surface area contributed by atoms with Crippen molar-refractivity contribution in [1.82, 2.24) is 8.61 Å². The van der Waals surface area contributed by atoms with Gasteiger partial charge in [-0.2, -0.15) is 17.0 Å². The average molecular weight is 327 g/mol. The summed E-state index contributed by atoms with van der Waals surface area (Å²) in [6.45, 7) is 10.1. The molecule has 0 radical (unpaired) electrons. The molecule has 0 aromatic heterocycles. The first-order valence-corrected chi connectivity index (χ1v) is 9.42. The van der Waals surface area contributed by atoms with Gasteiger partial charge < -0.3 is 0 Å². The number of alkyl halides is 1. The summed E-state index contributed by atoms with van der Waals surface area (Å²) >= 11 is 5.65. The third-order valence-electron chi connectivity index (χ3n) is 3.24. The molecule has 4 nitrogen and oxygen atoms in total. The summed E-state index contributed by atoms with van der Waals surface area (Å²) in [4.78, 5) is 0. The third kappa shape index (κ3) is 7.81. The molecule has 0 atom stereocenters. The van der Waals surface area contributed by atoms with E-state index in [9.17, 15) is 8.42 Å². The number of halogens is 1. The third-order valence-corrected chi connectivity index (χ3v) is 5.49. The van der Waals surface area contributed by atoms with Crippen LogP contribution in [0.3, 0.4) is 0 Å². The normalized spacial score (nSPS) is 13.1. The Hall–Kier alpha value is 0.160. The Labute approximate surface area is 130 Å². The number of nitrogens with zero attached hydrogens (tertiary/aromatic N) is 2. The Morgan fingerprint density at radius 1 is 0.950 bits per heavy atom. The zero-order valence-corrected chi connectivity index (χ0v) is 15.2. The van der Waals surface area contributed by atoms with E-state index in [-0.39, 0.29) is 0 Å². The Bertz CT molecular complexity index is 333. The highest BCUT2D eigenvalue weighted by Crippen LogP contribution is 2.13. The highest BCUT2D eigenvalue weighted by atomic mass is 35.5. The molecule has 20 heavy (non-hydrogen) atoms. The van der Waals surface area contributed by atoms with Gasteiger partial charge in [-0.05, 0) is 31.1 Å². The average Bonchev–Trinajstić information content (AvgIpc) is 2.34. The highest BCUT2D eigenvalue weighted by molar-refractivity contribution is 7.86. The SMILES string of the molecule is CC(C)CCN(CCC(C)C)S(=O)(=O)N(C)CCCCl. The van der Waals surface area contributed by atoms with Crippen molar-refractivity contribution < 1.29 is 8.42 Å². The number of hydrogen-bond donors (Lipinski definition) is 0. The first-order valence-electron chi connectivity index (χ1n) is 7.49. The molecule has 0 aliphatic rings. The molecule has 6 heteroatoms. The van der Waals surface area contributed by atoms with Crippen LogP contribution in [-0.2, 0) is 10.2 Å². The monoisotopic (exact) mass is 326 g/mol. The van der Waals surface area contributed by atoms with E-state index < -0.39 is 10.2 Å². The van der Waals surface area contributed by atoms with Crippen LogP contribution >= 0.6 is 11.6 Å². The van der Waals surface area contributed by atoms with Crippen LogP contribution in [0.4, 0.5) is 0 Å². The first kappa shape index (κ1) is 20.2. The van der Waals surface area contributed by atoms with Crippen molar-refractivity contribution in [2.24, 2.45) is 11.8 Å². The molecule has 0 unspecified atom stereocenters. The second-order valence-corrected chi connectivity index (χ2v) is 8.55. The maximum absolute atomic E-state index is 12.6. The first-order chi connectivity index (χ1) is 9.21. The second kappa shape index (κ2) is 9.98. The van der Waals surface area contributed by atoms with Crippen LogP contribution in [0, 0.1) is 11.8 Å². The lowest BCUT2D eigenvalue weighted by Gasteiger charge is -2.28. The van der Waals surface area contributed by atoms with Crippen molar-refractivity contribution in [3.05, 3.63) is 0 Å². The van der Waals surface area contributed by atoms with E-state index in [0.717, 1.165) is 12.8 Å². The van der Waals surface area contributed by atoms with Gasteiger partial charge in [-0.3, -0.25) is 0 Å². The van der Waals surface area contributed by atoms with Gasteiger partial charge in [0.05, 0.1) is 0 Å². The fourth-order valence-electron chi connectivity index (χ4n) is 1.74. The molecule has 0 bridgehead atoms. The summed E-state index contributed by atoms with van der Waals surface area (Å²) in [7, 11) is -1.72. The molecule has 0 saturated heterocycles. The molecule has 0 fully saturated rings. The predicted octanol–water partition coefficient (Wildman–Crippen LogP) is 3.19. The highest BCUT2D eigenvalue weighted by Gasteiger charge is 2.26. The quantitative estimate of drug-likeness (QED) is 0.547. The van der Waals surface area contributed by atoms with Gasteiger partial charge in [0, 0.05) is 32.6 Å². The van der Waals surface area contributed by atoms with Crippen molar-refractivity contribution in [3.8, 4) is 0 Å². The zero-order valence-electron chi connectivity index (χ0n) is 13.6. The molecule has 0 aliphatic heterocycles. The molecule has 0 aromatic rings. The summed E-state index contributed by atoms with van der Waals surface area (Å²) in [6.07, 6.45) is 2.46. The van der Waals surface area contributed by atoms with E-state index in [1.54, 1.807) is 11.4 Å². The van der Waals surface area contributed by atoms with E-state index in [1.165, 1.54) is 4.31 Å². The topological polar surface area (TPSA) is 40.6 Å². The van der Waals surface area contributed by atoms with Gasteiger partial charge in [0.1, 0.15) is 0 Å². The minimum Gasteiger partial charge on any atom is -0.195 e. The largest absolute Gasteiger partial charge is 0.281 e. The molecule has 0 N–H and O–H groups in total. The van der Waals surface area contributed by atoms with Gasteiger partial charge in [-0.25, -0.2) is 0 Å². The summed E-state index contributed by atoms with van der Waals surface area (Å²) in [5.41, 5.74) is 0. The maximum atomic E-state index is 12.6. The smallest absolute Gasteiger partial charge is 0.195 e. The van der Waals surface area contributed by atoms with Crippen LogP contribution in [0.2, 0.25) is 0 Å². The molecule has 0 spiro atoms. The lowest BCUT2D eigenvalue weighted by Crippen LogP contribution is -2.43. The van der Waals surface area contributed by atoms with Gasteiger partial charge >= 0.3 is 0 Å². The lowest BCUT2D eigenvalue weighted by atomic mass is 10.1. The maximum Gasteiger partial charge on any atom is 0.281 e. The van der Waals surface area contributed by atoms with Crippen LogP contribution in [0.25, 0.3) is 0 Å². The molecular formula is C14H31ClN2O2S. The second-order valence-electron chi connectivity index (χ2n) is 6.14. The lowest BCUT2D eigenvalue weighted by molar-refractivity contribution is 0.325. The minimum absolute atomic E-state index is 0.478. The molecular weight excluding hydrogens is 296 g/mol. The van der Waals surface area contributed by atoms with Crippen molar-refractivity contribution in [2.75, 3.05) is 32.6 Å². The van der Waals surface area contributed by atoms with E-state index in [0.29, 0.717) is 43.8 Å². The van der Waals surface area contributed by atoms with Crippen molar-refractivity contribution >= 4 is 21.8 Å². The predicted molar refractivity (Wildman–Crippen MR) is 87.4 cm³/mol. The number of rotatable bonds is 11. The molecule has 0 amide bonds. The molecule has 0 heterocycles. The molecule has 0 rings (SSSR count). The Kier molecular flexibility index (Phi) is 10.1. The minimum atomic E-state index is -3.36. The van der Waals surface area contributed by atoms with Gasteiger partial charge in [0.2, 0.25) is 0 Å². The van der Waals surface area contributed by atoms with Gasteiger partial charge in [0.25, 0.3) is 10.2 Å². The van der Waals surface area contributed by atoms with E-state index in [1.807, 2.05) is 0 Å². The van der Waals surface area contributed by atoms with E-state index >= 15 is 0 Å². The van der Waals surface area contributed by atoms with Crippen LogP contribution < -0.4 is 0 Å². The van der Waals surface area contributed by atoms with Crippen molar-refractivity contribution in [1.29, 1.82) is 0 Å². The standard InChI is InChI=1S/C14H31ClN2O2S/c1-13(2)7-11-17(12-8-14(3)4)20(18,19)16(5)10-6-9-15/h13-14H,6-12H2,1-5H3. The fourth-order valence-corrected chi connectivity index (χ4v) is 3.29. The van der Waals surface area contributed by atoms with Gasteiger partial charge in [-0.1, -0.05) is 27.7 Å². The zero-order chi connectivity index (χ0) is 15.8. The fraction of sp³-hybridized carbons (Fsp3) is 1.00. The summed E-state index contributed by atoms with van der Waals surface area (Å²) in [5.74, 6) is 1.48. The van der Waals surface area contributed by atoms with Crippen LogP contribution in [-0.4, -0.2) is 49.6 Å². The molecule has 0 aliphatic carbocycles. The van der Waals surface area contributed by atoms with Crippen molar-refractivity contribution in [2.45, 2.75) is 47.0 Å². The van der Waals surface area contributed by atoms with Crippen LogP contribution in [0.1, 0.15) is 47.0 Å². The van der Waals surface area contributed by atoms with Gasteiger partial charge in [-0.15, -0.1) is 11.6 Å². The Balaban J connectivity index is 4.77. The van der Waals surface area contributed by atoms with Crippen LogP contribution in [0.5, 0.6) is 0 Å². The van der Waals surface area contributed by atoms with E-state index in [4.69, 9.17) is 11.6 Å². The van der Waals surface area contributed by atoms with E-state index in [2.05, 4.69) is 27.7 Å². The Morgan fingerprint density at radius 3 is 1.75 bits per heavy atom. The number of hydrogen-bond acceptors (Lipinski definition) is 2. The Morgan fingerprint density at radius 2 is 1.40 bits per heavy atom. The summed E-state index contributed by atoms with van der Waals surface area (Å²) in [6, 6.07) is 0. The molecule has 0 saturated carbocycles. The molecule has 122 valence electrons. The molecule has 0 aromatic carbocycles.